The van der Waals surface area contributed by atoms with Crippen LogP contribution in [0.15, 0.2) is 30.3 Å². The molecule has 0 fully saturated rings. The molecule has 1 aromatic carbocycles. The summed E-state index contributed by atoms with van der Waals surface area (Å²) in [6.45, 7) is 5.32. The van der Waals surface area contributed by atoms with Crippen molar-refractivity contribution in [2.75, 3.05) is 33.9 Å². The van der Waals surface area contributed by atoms with Crippen LogP contribution < -0.4 is 4.74 Å². The van der Waals surface area contributed by atoms with E-state index in [4.69, 9.17) is 9.47 Å². The van der Waals surface area contributed by atoms with Gasteiger partial charge in [0.25, 0.3) is 0 Å². The molecular formula is C20H29NO5. The lowest BCUT2D eigenvalue weighted by Crippen LogP contribution is -2.33. The molecule has 144 valence electrons. The minimum absolute atomic E-state index is 0.0884. The summed E-state index contributed by atoms with van der Waals surface area (Å²) in [6, 6.07) is 7.55. The number of methoxy groups -OCH3 is 2. The fourth-order valence-electron chi connectivity index (χ4n) is 2.30. The summed E-state index contributed by atoms with van der Waals surface area (Å²) in [5, 5.41) is 0. The second-order valence-corrected chi connectivity index (χ2v) is 6.07. The van der Waals surface area contributed by atoms with Gasteiger partial charge in [-0.15, -0.1) is 0 Å². The molecule has 0 atom stereocenters. The standard InChI is InChI=1S/C20H29NO5/c1-16(2)26-18-8-5-7-17(15-18)9-10-19(22)21(12-6-14-24-3)13-11-20(23)25-4/h5,7-10,15-16H,6,11-14H2,1-4H3/b10-9+. The van der Waals surface area contributed by atoms with Gasteiger partial charge >= 0.3 is 5.97 Å². The number of nitrogens with zero attached hydrogens (tertiary/aromatic N) is 1. The van der Waals surface area contributed by atoms with Gasteiger partial charge in [0.1, 0.15) is 5.75 Å². The first-order valence-electron chi connectivity index (χ1n) is 8.75. The molecule has 0 heterocycles. The van der Waals surface area contributed by atoms with E-state index in [-0.39, 0.29) is 24.4 Å². The molecule has 0 saturated heterocycles. The zero-order valence-electron chi connectivity index (χ0n) is 16.1. The molecule has 0 N–H and O–H groups in total. The highest BCUT2D eigenvalue weighted by molar-refractivity contribution is 5.92. The van der Waals surface area contributed by atoms with Gasteiger partial charge in [-0.3, -0.25) is 9.59 Å². The molecule has 26 heavy (non-hydrogen) atoms. The largest absolute Gasteiger partial charge is 0.491 e. The Balaban J connectivity index is 2.73. The lowest BCUT2D eigenvalue weighted by Gasteiger charge is -2.20. The van der Waals surface area contributed by atoms with Gasteiger partial charge < -0.3 is 19.1 Å². The Labute approximate surface area is 155 Å². The van der Waals surface area contributed by atoms with E-state index in [1.165, 1.54) is 13.2 Å². The van der Waals surface area contributed by atoms with Crippen molar-refractivity contribution in [2.24, 2.45) is 0 Å². The van der Waals surface area contributed by atoms with Crippen LogP contribution >= 0.6 is 0 Å². The monoisotopic (exact) mass is 363 g/mol. The van der Waals surface area contributed by atoms with Gasteiger partial charge in [0.15, 0.2) is 0 Å². The van der Waals surface area contributed by atoms with Crippen LogP contribution in [-0.2, 0) is 19.1 Å². The van der Waals surface area contributed by atoms with Crippen LogP contribution in [0, 0.1) is 0 Å². The fourth-order valence-corrected chi connectivity index (χ4v) is 2.30. The average molecular weight is 363 g/mol. The Morgan fingerprint density at radius 3 is 2.62 bits per heavy atom. The Morgan fingerprint density at radius 1 is 1.19 bits per heavy atom. The van der Waals surface area contributed by atoms with Crippen molar-refractivity contribution < 1.29 is 23.8 Å². The Kier molecular flexibility index (Phi) is 10.1. The SMILES string of the molecule is COCCCN(CCC(=O)OC)C(=O)/C=C/c1cccc(OC(C)C)c1. The Bertz CT molecular complexity index is 598. The smallest absolute Gasteiger partial charge is 0.307 e. The third-order valence-electron chi connectivity index (χ3n) is 3.55. The minimum Gasteiger partial charge on any atom is -0.491 e. The van der Waals surface area contributed by atoms with Crippen molar-refractivity contribution in [3.05, 3.63) is 35.9 Å². The summed E-state index contributed by atoms with van der Waals surface area (Å²) < 4.78 is 15.3. The molecule has 0 saturated carbocycles. The maximum absolute atomic E-state index is 12.5. The van der Waals surface area contributed by atoms with Crippen molar-refractivity contribution in [3.8, 4) is 5.75 Å². The Morgan fingerprint density at radius 2 is 1.96 bits per heavy atom. The van der Waals surface area contributed by atoms with Crippen LogP contribution in [0.3, 0.4) is 0 Å². The van der Waals surface area contributed by atoms with E-state index in [0.29, 0.717) is 26.1 Å². The zero-order valence-corrected chi connectivity index (χ0v) is 16.1. The van der Waals surface area contributed by atoms with E-state index >= 15 is 0 Å². The Hall–Kier alpha value is -2.34. The van der Waals surface area contributed by atoms with Crippen LogP contribution in [0.1, 0.15) is 32.3 Å². The molecule has 6 heteroatoms. The van der Waals surface area contributed by atoms with Gasteiger partial charge in [0.2, 0.25) is 5.91 Å². The van der Waals surface area contributed by atoms with Crippen molar-refractivity contribution >= 4 is 18.0 Å². The molecule has 0 aromatic heterocycles. The number of esters is 1. The first kappa shape index (κ1) is 21.7. The number of amides is 1. The number of carbonyl (C=O) groups is 2. The highest BCUT2D eigenvalue weighted by Crippen LogP contribution is 2.16. The second kappa shape index (κ2) is 12.1. The number of hydrogen-bond donors (Lipinski definition) is 0. The zero-order chi connectivity index (χ0) is 19.4. The van der Waals surface area contributed by atoms with Crippen molar-refractivity contribution in [3.63, 3.8) is 0 Å². The highest BCUT2D eigenvalue weighted by atomic mass is 16.5. The van der Waals surface area contributed by atoms with E-state index < -0.39 is 0 Å². The van der Waals surface area contributed by atoms with Gasteiger partial charge in [-0.25, -0.2) is 0 Å². The normalized spacial score (nSPS) is 11.0. The van der Waals surface area contributed by atoms with Crippen LogP contribution in [0.2, 0.25) is 0 Å². The molecule has 0 unspecified atom stereocenters. The van der Waals surface area contributed by atoms with Crippen LogP contribution in [0.25, 0.3) is 6.08 Å². The summed E-state index contributed by atoms with van der Waals surface area (Å²) in [5.41, 5.74) is 0.876. The second-order valence-electron chi connectivity index (χ2n) is 6.07. The molecule has 0 aliphatic heterocycles. The van der Waals surface area contributed by atoms with Gasteiger partial charge in [-0.05, 0) is 44.0 Å². The number of ether oxygens (including phenoxy) is 3. The third-order valence-corrected chi connectivity index (χ3v) is 3.55. The molecule has 0 spiro atoms. The highest BCUT2D eigenvalue weighted by Gasteiger charge is 2.12. The molecular weight excluding hydrogens is 334 g/mol. The lowest BCUT2D eigenvalue weighted by atomic mass is 10.2. The summed E-state index contributed by atoms with van der Waals surface area (Å²) in [7, 11) is 2.96. The fraction of sp³-hybridized carbons (Fsp3) is 0.500. The van der Waals surface area contributed by atoms with Crippen molar-refractivity contribution in [1.82, 2.24) is 4.90 Å². The number of benzene rings is 1. The molecule has 1 rings (SSSR count). The quantitative estimate of drug-likeness (QED) is 0.344. The maximum Gasteiger partial charge on any atom is 0.307 e. The third kappa shape index (κ3) is 8.67. The summed E-state index contributed by atoms with van der Waals surface area (Å²) >= 11 is 0. The molecule has 0 bridgehead atoms. The van der Waals surface area contributed by atoms with Crippen molar-refractivity contribution in [1.29, 1.82) is 0 Å². The predicted molar refractivity (Wildman–Crippen MR) is 101 cm³/mol. The van der Waals surface area contributed by atoms with E-state index in [0.717, 1.165) is 11.3 Å². The first-order chi connectivity index (χ1) is 12.5. The van der Waals surface area contributed by atoms with Crippen molar-refractivity contribution in [2.45, 2.75) is 32.8 Å². The molecule has 0 aliphatic rings. The molecule has 0 radical (unpaired) electrons. The van der Waals surface area contributed by atoms with Gasteiger partial charge in [0.05, 0.1) is 19.6 Å². The van der Waals surface area contributed by atoms with E-state index in [1.807, 2.05) is 38.1 Å². The number of rotatable bonds is 11. The van der Waals surface area contributed by atoms with E-state index in [2.05, 4.69) is 4.74 Å². The molecule has 1 aromatic rings. The van der Waals surface area contributed by atoms with Crippen LogP contribution in [-0.4, -0.2) is 56.8 Å². The first-order valence-corrected chi connectivity index (χ1v) is 8.75. The summed E-state index contributed by atoms with van der Waals surface area (Å²) in [6.07, 6.45) is 4.22. The molecule has 1 amide bonds. The van der Waals surface area contributed by atoms with E-state index in [1.54, 1.807) is 18.1 Å². The van der Waals surface area contributed by atoms with Gasteiger partial charge in [-0.1, -0.05) is 12.1 Å². The van der Waals surface area contributed by atoms with Crippen LogP contribution in [0.5, 0.6) is 5.75 Å². The topological polar surface area (TPSA) is 65.1 Å². The number of hydrogen-bond acceptors (Lipinski definition) is 5. The van der Waals surface area contributed by atoms with E-state index in [9.17, 15) is 9.59 Å². The average Bonchev–Trinajstić information content (AvgIpc) is 2.62. The number of carbonyl (C=O) groups excluding carboxylic acids is 2. The van der Waals surface area contributed by atoms with Crippen LogP contribution in [0.4, 0.5) is 0 Å². The summed E-state index contributed by atoms with van der Waals surface area (Å²) in [4.78, 5) is 25.5. The lowest BCUT2D eigenvalue weighted by molar-refractivity contribution is -0.141. The molecule has 6 nitrogen and oxygen atoms in total. The van der Waals surface area contributed by atoms with Gasteiger partial charge in [-0.2, -0.15) is 0 Å². The predicted octanol–water partition coefficient (Wildman–Crippen LogP) is 2.92. The summed E-state index contributed by atoms with van der Waals surface area (Å²) in [5.74, 6) is 0.273. The molecule has 0 aliphatic carbocycles. The minimum atomic E-state index is -0.336. The van der Waals surface area contributed by atoms with Gasteiger partial charge in [0, 0.05) is 32.9 Å². The maximum atomic E-state index is 12.5.